The Bertz CT molecular complexity index is 752. The van der Waals surface area contributed by atoms with Crippen molar-refractivity contribution in [3.05, 3.63) is 52.0 Å². The van der Waals surface area contributed by atoms with Gasteiger partial charge in [0.25, 0.3) is 0 Å². The number of carboxylic acids is 1. The summed E-state index contributed by atoms with van der Waals surface area (Å²) in [6, 6.07) is 3.38. The number of carbonyl (C=O) groups is 1. The van der Waals surface area contributed by atoms with Gasteiger partial charge in [0.2, 0.25) is 0 Å². The summed E-state index contributed by atoms with van der Waals surface area (Å²) in [6.45, 7) is 1.16. The summed E-state index contributed by atoms with van der Waals surface area (Å²) < 4.78 is 22.2. The highest BCUT2D eigenvalue weighted by atomic mass is 79.9. The van der Waals surface area contributed by atoms with Gasteiger partial charge in [0.05, 0.1) is 18.9 Å². The molecule has 24 heavy (non-hydrogen) atoms. The predicted molar refractivity (Wildman–Crippen MR) is 88.0 cm³/mol. The fourth-order valence-electron chi connectivity index (χ4n) is 2.92. The van der Waals surface area contributed by atoms with Crippen LogP contribution in [0.15, 0.2) is 35.1 Å². The van der Waals surface area contributed by atoms with Crippen molar-refractivity contribution in [2.24, 2.45) is 7.05 Å². The fraction of sp³-hybridized carbons (Fsp3) is 0.375. The van der Waals surface area contributed by atoms with Crippen LogP contribution in [-0.2, 0) is 16.6 Å². The summed E-state index contributed by atoms with van der Waals surface area (Å²) in [6.07, 6.45) is 3.25. The van der Waals surface area contributed by atoms with Crippen LogP contribution in [0.25, 0.3) is 0 Å². The lowest BCUT2D eigenvalue weighted by molar-refractivity contribution is -0.147. The topological polar surface area (TPSA) is 67.6 Å². The van der Waals surface area contributed by atoms with Crippen LogP contribution < -0.4 is 0 Å². The minimum atomic E-state index is -1.08. The molecule has 1 aliphatic heterocycles. The van der Waals surface area contributed by atoms with Crippen molar-refractivity contribution in [1.29, 1.82) is 0 Å². The van der Waals surface area contributed by atoms with E-state index >= 15 is 0 Å². The summed E-state index contributed by atoms with van der Waals surface area (Å²) in [5.41, 5.74) is 1.03. The molecule has 0 bridgehead atoms. The smallest absolute Gasteiger partial charge is 0.325 e. The zero-order chi connectivity index (χ0) is 17.3. The van der Waals surface area contributed by atoms with Gasteiger partial charge < -0.3 is 9.84 Å². The number of nitrogens with zero attached hydrogens (tertiary/aromatic N) is 3. The second-order valence-corrected chi connectivity index (χ2v) is 6.62. The average molecular weight is 398 g/mol. The molecule has 1 N–H and O–H groups in total. The number of benzene rings is 1. The van der Waals surface area contributed by atoms with Gasteiger partial charge in [-0.2, -0.15) is 5.10 Å². The second kappa shape index (κ2) is 7.00. The van der Waals surface area contributed by atoms with Crippen LogP contribution in [0.3, 0.4) is 0 Å². The van der Waals surface area contributed by atoms with Gasteiger partial charge in [0.1, 0.15) is 11.9 Å². The van der Waals surface area contributed by atoms with Crippen LogP contribution in [0.5, 0.6) is 0 Å². The van der Waals surface area contributed by atoms with Gasteiger partial charge in [0.15, 0.2) is 0 Å². The van der Waals surface area contributed by atoms with Crippen molar-refractivity contribution in [3.63, 3.8) is 0 Å². The molecule has 2 atom stereocenters. The van der Waals surface area contributed by atoms with Crippen molar-refractivity contribution >= 4 is 21.9 Å². The molecule has 128 valence electrons. The number of rotatable bonds is 4. The monoisotopic (exact) mass is 397 g/mol. The van der Waals surface area contributed by atoms with Crippen LogP contribution >= 0.6 is 15.9 Å². The molecule has 1 aliphatic rings. The molecule has 2 unspecified atom stereocenters. The zero-order valence-electron chi connectivity index (χ0n) is 13.0. The lowest BCUT2D eigenvalue weighted by atomic mass is 10.0. The van der Waals surface area contributed by atoms with E-state index in [1.165, 1.54) is 12.1 Å². The van der Waals surface area contributed by atoms with E-state index in [0.717, 1.165) is 5.56 Å². The summed E-state index contributed by atoms with van der Waals surface area (Å²) in [7, 11) is 1.81. The number of morpholine rings is 1. The Hall–Kier alpha value is -1.77. The quantitative estimate of drug-likeness (QED) is 0.858. The van der Waals surface area contributed by atoms with E-state index in [4.69, 9.17) is 4.74 Å². The first kappa shape index (κ1) is 17.1. The molecule has 1 aromatic carbocycles. The summed E-state index contributed by atoms with van der Waals surface area (Å²) in [4.78, 5) is 13.5. The lowest BCUT2D eigenvalue weighted by Crippen LogP contribution is -2.43. The molecular formula is C16H17BrFN3O3. The number of aliphatic carboxylic acids is 1. The first-order valence-corrected chi connectivity index (χ1v) is 8.27. The lowest BCUT2D eigenvalue weighted by Gasteiger charge is -2.36. The number of hydrogen-bond donors (Lipinski definition) is 1. The first-order chi connectivity index (χ1) is 11.5. The highest BCUT2D eigenvalue weighted by molar-refractivity contribution is 9.10. The first-order valence-electron chi connectivity index (χ1n) is 7.47. The third kappa shape index (κ3) is 3.50. The maximum Gasteiger partial charge on any atom is 0.325 e. The van der Waals surface area contributed by atoms with Crippen LogP contribution in [0.4, 0.5) is 4.39 Å². The zero-order valence-corrected chi connectivity index (χ0v) is 14.6. The normalized spacial score (nSPS) is 20.0. The van der Waals surface area contributed by atoms with Gasteiger partial charge in [-0.05, 0) is 12.1 Å². The van der Waals surface area contributed by atoms with Crippen LogP contribution in [0.1, 0.15) is 23.3 Å². The van der Waals surface area contributed by atoms with Crippen molar-refractivity contribution in [1.82, 2.24) is 14.7 Å². The average Bonchev–Trinajstić information content (AvgIpc) is 2.96. The van der Waals surface area contributed by atoms with Crippen molar-refractivity contribution in [2.75, 3.05) is 19.7 Å². The molecule has 0 saturated carbocycles. The van der Waals surface area contributed by atoms with Crippen molar-refractivity contribution in [2.45, 2.75) is 12.1 Å². The number of hydrogen-bond acceptors (Lipinski definition) is 4. The Morgan fingerprint density at radius 3 is 2.96 bits per heavy atom. The molecule has 0 radical (unpaired) electrons. The number of carboxylic acid groups (broad SMARTS) is 1. The van der Waals surface area contributed by atoms with Gasteiger partial charge in [-0.1, -0.05) is 22.0 Å². The highest BCUT2D eigenvalue weighted by Crippen LogP contribution is 2.31. The van der Waals surface area contributed by atoms with E-state index in [1.807, 2.05) is 6.20 Å². The molecule has 0 amide bonds. The molecule has 2 aromatic rings. The highest BCUT2D eigenvalue weighted by Gasteiger charge is 2.34. The number of aromatic nitrogens is 2. The SMILES string of the molecule is Cn1cc(C2CN(C(C(=O)O)c3ccc(Br)cc3F)CCO2)cn1. The van der Waals surface area contributed by atoms with Crippen LogP contribution in [0.2, 0.25) is 0 Å². The molecule has 1 fully saturated rings. The Balaban J connectivity index is 1.87. The van der Waals surface area contributed by atoms with Gasteiger partial charge in [-0.15, -0.1) is 0 Å². The molecule has 6 nitrogen and oxygen atoms in total. The van der Waals surface area contributed by atoms with E-state index in [0.29, 0.717) is 24.2 Å². The molecule has 0 spiro atoms. The van der Waals surface area contributed by atoms with Gasteiger partial charge >= 0.3 is 5.97 Å². The van der Waals surface area contributed by atoms with Crippen molar-refractivity contribution in [3.8, 4) is 0 Å². The Labute approximate surface area is 147 Å². The summed E-state index contributed by atoms with van der Waals surface area (Å²) >= 11 is 3.19. The maximum atomic E-state index is 14.3. The Morgan fingerprint density at radius 1 is 1.54 bits per heavy atom. The number of halogens is 2. The van der Waals surface area contributed by atoms with E-state index in [2.05, 4.69) is 21.0 Å². The third-order valence-corrected chi connectivity index (χ3v) is 4.54. The van der Waals surface area contributed by atoms with E-state index in [9.17, 15) is 14.3 Å². The molecular weight excluding hydrogens is 381 g/mol. The molecule has 1 aromatic heterocycles. The second-order valence-electron chi connectivity index (χ2n) is 5.71. The summed E-state index contributed by atoms with van der Waals surface area (Å²) in [5, 5.41) is 13.8. The molecule has 3 rings (SSSR count). The Morgan fingerprint density at radius 2 is 2.33 bits per heavy atom. The molecule has 8 heteroatoms. The van der Waals surface area contributed by atoms with Crippen LogP contribution in [0, 0.1) is 5.82 Å². The van der Waals surface area contributed by atoms with Gasteiger partial charge in [-0.3, -0.25) is 14.4 Å². The van der Waals surface area contributed by atoms with E-state index < -0.39 is 17.8 Å². The minimum Gasteiger partial charge on any atom is -0.480 e. The number of ether oxygens (including phenoxy) is 1. The molecule has 1 saturated heterocycles. The fourth-order valence-corrected chi connectivity index (χ4v) is 3.25. The number of aryl methyl sites for hydroxylation is 1. The maximum absolute atomic E-state index is 14.3. The summed E-state index contributed by atoms with van der Waals surface area (Å²) in [5.74, 6) is -1.62. The van der Waals surface area contributed by atoms with Gasteiger partial charge in [0, 0.05) is 41.9 Å². The minimum absolute atomic E-state index is 0.150. The van der Waals surface area contributed by atoms with E-state index in [1.54, 1.807) is 28.9 Å². The molecule has 0 aliphatic carbocycles. The largest absolute Gasteiger partial charge is 0.480 e. The van der Waals surface area contributed by atoms with Gasteiger partial charge in [-0.25, -0.2) is 4.39 Å². The predicted octanol–water partition coefficient (Wildman–Crippen LogP) is 2.52. The van der Waals surface area contributed by atoms with E-state index in [-0.39, 0.29) is 11.7 Å². The standard InChI is InChI=1S/C16H17BrFN3O3/c1-20-8-10(7-19-20)14-9-21(4-5-24-14)15(16(22)23)12-3-2-11(17)6-13(12)18/h2-3,6-8,14-15H,4-5,9H2,1H3,(H,22,23). The van der Waals surface area contributed by atoms with Crippen molar-refractivity contribution < 1.29 is 19.0 Å². The third-order valence-electron chi connectivity index (χ3n) is 4.05. The van der Waals surface area contributed by atoms with Crippen LogP contribution in [-0.4, -0.2) is 45.5 Å². The Kier molecular flexibility index (Phi) is 4.98. The molecule has 2 heterocycles.